The molecule has 0 saturated carbocycles. The summed E-state index contributed by atoms with van der Waals surface area (Å²) in [6.07, 6.45) is 4.53. The molecule has 1 aromatic heterocycles. The molecule has 0 N–H and O–H groups in total. The maximum atomic E-state index is 13.3. The summed E-state index contributed by atoms with van der Waals surface area (Å²) in [5.74, 6) is 0.590. The van der Waals surface area contributed by atoms with Gasteiger partial charge in [-0.1, -0.05) is 48.5 Å². The molecule has 2 saturated heterocycles. The minimum absolute atomic E-state index is 0.0423. The Kier molecular flexibility index (Phi) is 5.75. The molecule has 1 aliphatic carbocycles. The van der Waals surface area contributed by atoms with Gasteiger partial charge < -0.3 is 14.4 Å². The van der Waals surface area contributed by atoms with Crippen LogP contribution in [0.15, 0.2) is 60.8 Å². The molecular formula is C30H30N2O4. The zero-order valence-corrected chi connectivity index (χ0v) is 20.6. The van der Waals surface area contributed by atoms with E-state index < -0.39 is 0 Å². The number of piperidine rings is 1. The molecule has 3 aliphatic rings. The van der Waals surface area contributed by atoms with E-state index in [0.29, 0.717) is 30.9 Å². The highest BCUT2D eigenvalue weighted by Crippen LogP contribution is 2.45. The van der Waals surface area contributed by atoms with Crippen molar-refractivity contribution in [3.63, 3.8) is 0 Å². The van der Waals surface area contributed by atoms with Crippen LogP contribution in [-0.4, -0.2) is 47.6 Å². The van der Waals surface area contributed by atoms with Crippen LogP contribution in [0.5, 0.6) is 5.88 Å². The smallest absolute Gasteiger partial charge is 0.410 e. The second-order valence-corrected chi connectivity index (χ2v) is 10.2. The van der Waals surface area contributed by atoms with Gasteiger partial charge in [0.05, 0.1) is 7.11 Å². The van der Waals surface area contributed by atoms with Gasteiger partial charge in [-0.15, -0.1) is 0 Å². The van der Waals surface area contributed by atoms with Crippen LogP contribution in [0, 0.1) is 12.8 Å². The topological polar surface area (TPSA) is 68.7 Å². The van der Waals surface area contributed by atoms with Crippen LogP contribution in [-0.2, 0) is 4.74 Å². The maximum Gasteiger partial charge on any atom is 0.410 e. The Balaban J connectivity index is 1.14. The number of ketones is 1. The summed E-state index contributed by atoms with van der Waals surface area (Å²) in [6, 6.07) is 18.7. The number of pyridine rings is 1. The lowest BCUT2D eigenvalue weighted by molar-refractivity contribution is 0.0506. The summed E-state index contributed by atoms with van der Waals surface area (Å²) in [6.45, 7) is 2.22. The molecule has 2 unspecified atom stereocenters. The Hall–Kier alpha value is -3.67. The Bertz CT molecular complexity index is 1280. The van der Waals surface area contributed by atoms with Crippen LogP contribution < -0.4 is 4.74 Å². The number of aromatic nitrogens is 1. The lowest BCUT2D eigenvalue weighted by Crippen LogP contribution is -2.48. The van der Waals surface area contributed by atoms with Gasteiger partial charge in [0.15, 0.2) is 5.78 Å². The SMILES string of the molecule is COc1ncc(C(=O)C2CC3CCC(C2)N3C(=O)OCC2c3ccccc3-c3ccccc32)cc1C. The number of carbonyl (C=O) groups excluding carboxylic acids is 2. The number of benzene rings is 2. The van der Waals surface area contributed by atoms with Crippen molar-refractivity contribution < 1.29 is 19.1 Å². The average molecular weight is 483 g/mol. The van der Waals surface area contributed by atoms with Crippen molar-refractivity contribution in [1.82, 2.24) is 9.88 Å². The van der Waals surface area contributed by atoms with Crippen LogP contribution in [0.2, 0.25) is 0 Å². The molecule has 2 bridgehead atoms. The first-order valence-electron chi connectivity index (χ1n) is 12.7. The van der Waals surface area contributed by atoms with Gasteiger partial charge in [-0.3, -0.25) is 4.79 Å². The number of ether oxygens (including phenoxy) is 2. The molecule has 2 aliphatic heterocycles. The minimum atomic E-state index is -0.253. The predicted octanol–water partition coefficient (Wildman–Crippen LogP) is 5.77. The standard InChI is InChI=1S/C30H30N2O4/c1-18-13-20(16-31-29(18)35-2)28(33)19-14-21-11-12-22(15-19)32(21)30(34)36-17-27-25-9-5-3-7-23(25)24-8-4-6-10-26(24)27/h3-10,13,16,19,21-22,27H,11-12,14-15,17H2,1-2H3. The van der Waals surface area contributed by atoms with Gasteiger partial charge in [0, 0.05) is 41.2 Å². The Morgan fingerprint density at radius 2 is 1.58 bits per heavy atom. The molecule has 2 fully saturated rings. The quantitative estimate of drug-likeness (QED) is 0.432. The Labute approximate surface area is 211 Å². The number of aryl methyl sites for hydroxylation is 1. The first-order chi connectivity index (χ1) is 17.5. The molecule has 3 heterocycles. The molecule has 0 radical (unpaired) electrons. The van der Waals surface area contributed by atoms with Crippen LogP contribution in [0.3, 0.4) is 0 Å². The van der Waals surface area contributed by atoms with Gasteiger partial charge in [0.1, 0.15) is 6.61 Å². The van der Waals surface area contributed by atoms with Gasteiger partial charge in [0.2, 0.25) is 5.88 Å². The molecule has 36 heavy (non-hydrogen) atoms. The van der Waals surface area contributed by atoms with E-state index in [1.54, 1.807) is 13.3 Å². The molecule has 6 rings (SSSR count). The molecule has 3 aromatic rings. The van der Waals surface area contributed by atoms with Gasteiger partial charge in [-0.25, -0.2) is 9.78 Å². The summed E-state index contributed by atoms with van der Waals surface area (Å²) < 4.78 is 11.2. The third-order valence-electron chi connectivity index (χ3n) is 8.16. The summed E-state index contributed by atoms with van der Waals surface area (Å²) in [7, 11) is 1.58. The molecular weight excluding hydrogens is 452 g/mol. The van der Waals surface area contributed by atoms with E-state index in [4.69, 9.17) is 9.47 Å². The number of hydrogen-bond donors (Lipinski definition) is 0. The number of Topliss-reactive ketones (excluding diaryl/α,β-unsaturated/α-hetero) is 1. The summed E-state index contributed by atoms with van der Waals surface area (Å²) in [5, 5.41) is 0. The molecule has 184 valence electrons. The fraction of sp³-hybridized carbons (Fsp3) is 0.367. The van der Waals surface area contributed by atoms with Gasteiger partial charge in [0.25, 0.3) is 0 Å². The number of hydrogen-bond acceptors (Lipinski definition) is 5. The first kappa shape index (κ1) is 22.8. The predicted molar refractivity (Wildman–Crippen MR) is 136 cm³/mol. The second-order valence-electron chi connectivity index (χ2n) is 10.2. The molecule has 2 atom stereocenters. The number of rotatable bonds is 5. The second kappa shape index (κ2) is 9.08. The van der Waals surface area contributed by atoms with E-state index in [1.807, 2.05) is 30.0 Å². The fourth-order valence-electron chi connectivity index (χ4n) is 6.50. The van der Waals surface area contributed by atoms with Crippen molar-refractivity contribution in [3.05, 3.63) is 83.0 Å². The monoisotopic (exact) mass is 482 g/mol. The normalized spacial score (nSPS) is 22.2. The maximum absolute atomic E-state index is 13.3. The number of carbonyl (C=O) groups is 2. The summed E-state index contributed by atoms with van der Waals surface area (Å²) in [5.41, 5.74) is 6.33. The van der Waals surface area contributed by atoms with Crippen molar-refractivity contribution in [1.29, 1.82) is 0 Å². The fourth-order valence-corrected chi connectivity index (χ4v) is 6.50. The Morgan fingerprint density at radius 1 is 0.972 bits per heavy atom. The zero-order valence-electron chi connectivity index (χ0n) is 20.6. The van der Waals surface area contributed by atoms with Gasteiger partial charge in [-0.2, -0.15) is 0 Å². The third-order valence-corrected chi connectivity index (χ3v) is 8.16. The highest BCUT2D eigenvalue weighted by molar-refractivity contribution is 5.98. The minimum Gasteiger partial charge on any atom is -0.481 e. The van der Waals surface area contributed by atoms with E-state index in [1.165, 1.54) is 22.3 Å². The van der Waals surface area contributed by atoms with E-state index in [0.717, 1.165) is 18.4 Å². The number of fused-ring (bicyclic) bond motifs is 5. The zero-order chi connectivity index (χ0) is 24.8. The van der Waals surface area contributed by atoms with E-state index in [-0.39, 0.29) is 35.8 Å². The summed E-state index contributed by atoms with van der Waals surface area (Å²) in [4.78, 5) is 32.7. The molecule has 6 nitrogen and oxygen atoms in total. The summed E-state index contributed by atoms with van der Waals surface area (Å²) >= 11 is 0. The van der Waals surface area contributed by atoms with Crippen LogP contribution in [0.4, 0.5) is 4.79 Å². The van der Waals surface area contributed by atoms with Crippen LogP contribution in [0.1, 0.15) is 58.6 Å². The number of methoxy groups -OCH3 is 1. The van der Waals surface area contributed by atoms with Crippen molar-refractivity contribution in [2.24, 2.45) is 5.92 Å². The Morgan fingerprint density at radius 3 is 2.17 bits per heavy atom. The van der Waals surface area contributed by atoms with Crippen LogP contribution >= 0.6 is 0 Å². The average Bonchev–Trinajstić information content (AvgIpc) is 3.37. The van der Waals surface area contributed by atoms with E-state index in [2.05, 4.69) is 41.4 Å². The van der Waals surface area contributed by atoms with E-state index >= 15 is 0 Å². The van der Waals surface area contributed by atoms with Crippen molar-refractivity contribution in [2.75, 3.05) is 13.7 Å². The highest BCUT2D eigenvalue weighted by atomic mass is 16.6. The lowest BCUT2D eigenvalue weighted by atomic mass is 9.85. The molecule has 1 amide bonds. The highest BCUT2D eigenvalue weighted by Gasteiger charge is 2.46. The third kappa shape index (κ3) is 3.76. The lowest BCUT2D eigenvalue weighted by Gasteiger charge is -2.37. The number of nitrogens with zero attached hydrogens (tertiary/aromatic N) is 2. The van der Waals surface area contributed by atoms with Crippen LogP contribution in [0.25, 0.3) is 11.1 Å². The number of amides is 1. The van der Waals surface area contributed by atoms with Crippen molar-refractivity contribution in [2.45, 2.75) is 50.6 Å². The van der Waals surface area contributed by atoms with Crippen molar-refractivity contribution in [3.8, 4) is 17.0 Å². The van der Waals surface area contributed by atoms with Gasteiger partial charge >= 0.3 is 6.09 Å². The molecule has 6 heteroatoms. The van der Waals surface area contributed by atoms with Gasteiger partial charge in [-0.05, 0) is 60.9 Å². The largest absolute Gasteiger partial charge is 0.481 e. The van der Waals surface area contributed by atoms with Crippen molar-refractivity contribution >= 4 is 11.9 Å². The van der Waals surface area contributed by atoms with E-state index in [9.17, 15) is 9.59 Å². The molecule has 2 aromatic carbocycles. The molecule has 0 spiro atoms. The first-order valence-corrected chi connectivity index (χ1v) is 12.7.